The molecule has 0 radical (unpaired) electrons. The first-order valence-corrected chi connectivity index (χ1v) is 5.90. The molecule has 0 amide bonds. The quantitative estimate of drug-likeness (QED) is 0.577. The third-order valence-corrected chi connectivity index (χ3v) is 2.99. The van der Waals surface area contributed by atoms with E-state index in [4.69, 9.17) is 5.73 Å². The van der Waals surface area contributed by atoms with Gasteiger partial charge in [0, 0.05) is 6.07 Å². The Morgan fingerprint density at radius 2 is 2.14 bits per heavy atom. The second kappa shape index (κ2) is 4.78. The molecule has 106 valence electrons. The Morgan fingerprint density at radius 1 is 1.33 bits per heavy atom. The summed E-state index contributed by atoms with van der Waals surface area (Å²) in [5.41, 5.74) is 6.65. The molecule has 0 spiro atoms. The molecule has 3 rings (SSSR count). The Kier molecular flexibility index (Phi) is 2.94. The highest BCUT2D eigenvalue weighted by molar-refractivity contribution is 5.81. The first kappa shape index (κ1) is 12.9. The predicted molar refractivity (Wildman–Crippen MR) is 71.9 cm³/mol. The number of nitro groups is 1. The van der Waals surface area contributed by atoms with Gasteiger partial charge in [0.15, 0.2) is 11.5 Å². The number of halogens is 1. The highest BCUT2D eigenvalue weighted by Gasteiger charge is 2.14. The van der Waals surface area contributed by atoms with Crippen molar-refractivity contribution in [1.82, 2.24) is 19.5 Å². The smallest absolute Gasteiger partial charge is 0.304 e. The van der Waals surface area contributed by atoms with Gasteiger partial charge >= 0.3 is 5.69 Å². The zero-order valence-corrected chi connectivity index (χ0v) is 10.6. The molecule has 0 atom stereocenters. The molecule has 2 aromatic heterocycles. The average Bonchev–Trinajstić information content (AvgIpc) is 2.83. The van der Waals surface area contributed by atoms with Crippen LogP contribution in [0.15, 0.2) is 30.9 Å². The molecule has 3 aromatic rings. The molecular formula is C12H9FN6O2. The van der Waals surface area contributed by atoms with Crippen LogP contribution in [0.4, 0.5) is 15.9 Å². The predicted octanol–water partition coefficient (Wildman–Crippen LogP) is 1.50. The summed E-state index contributed by atoms with van der Waals surface area (Å²) in [5, 5.41) is 10.6. The maximum Gasteiger partial charge on any atom is 0.304 e. The molecule has 0 aliphatic heterocycles. The topological polar surface area (TPSA) is 113 Å². The normalized spacial score (nSPS) is 10.9. The molecule has 0 saturated carbocycles. The molecule has 0 fully saturated rings. The lowest BCUT2D eigenvalue weighted by atomic mass is 10.2. The van der Waals surface area contributed by atoms with Crippen molar-refractivity contribution in [3.8, 4) is 0 Å². The molecular weight excluding hydrogens is 279 g/mol. The van der Waals surface area contributed by atoms with E-state index in [0.29, 0.717) is 16.7 Å². The molecule has 1 aromatic carbocycles. The summed E-state index contributed by atoms with van der Waals surface area (Å²) in [6.45, 7) is 0.266. The molecule has 2 N–H and O–H groups in total. The van der Waals surface area contributed by atoms with Crippen LogP contribution in [0.3, 0.4) is 0 Å². The van der Waals surface area contributed by atoms with Crippen molar-refractivity contribution >= 4 is 22.7 Å². The van der Waals surface area contributed by atoms with E-state index in [1.54, 1.807) is 4.57 Å². The van der Waals surface area contributed by atoms with Gasteiger partial charge in [-0.3, -0.25) is 10.1 Å². The van der Waals surface area contributed by atoms with Crippen molar-refractivity contribution in [3.05, 3.63) is 52.3 Å². The van der Waals surface area contributed by atoms with E-state index in [1.165, 1.54) is 18.7 Å². The lowest BCUT2D eigenvalue weighted by molar-refractivity contribution is -0.387. The number of nitrogens with zero attached hydrogens (tertiary/aromatic N) is 5. The summed E-state index contributed by atoms with van der Waals surface area (Å²) in [5.74, 6) is -0.621. The zero-order valence-electron chi connectivity index (χ0n) is 10.6. The van der Waals surface area contributed by atoms with Crippen molar-refractivity contribution in [2.45, 2.75) is 6.54 Å². The van der Waals surface area contributed by atoms with Gasteiger partial charge in [0.2, 0.25) is 5.82 Å². The minimum Gasteiger partial charge on any atom is -0.382 e. The van der Waals surface area contributed by atoms with Gasteiger partial charge in [-0.15, -0.1) is 0 Å². The summed E-state index contributed by atoms with van der Waals surface area (Å²) < 4.78 is 15.3. The number of nitrogens with two attached hydrogens (primary N) is 1. The summed E-state index contributed by atoms with van der Waals surface area (Å²) in [6.07, 6.45) is 2.82. The Bertz CT molecular complexity index is 847. The highest BCUT2D eigenvalue weighted by Crippen LogP contribution is 2.20. The summed E-state index contributed by atoms with van der Waals surface area (Å²) >= 11 is 0. The maximum atomic E-state index is 13.6. The van der Waals surface area contributed by atoms with Crippen LogP contribution in [0.1, 0.15) is 5.56 Å². The number of hydrogen-bond acceptors (Lipinski definition) is 6. The number of imidazole rings is 1. The number of hydrogen-bond donors (Lipinski definition) is 1. The summed E-state index contributed by atoms with van der Waals surface area (Å²) in [6, 6.07) is 3.74. The second-order valence-electron chi connectivity index (χ2n) is 4.35. The van der Waals surface area contributed by atoms with Gasteiger partial charge in [-0.2, -0.15) is 4.39 Å². The van der Waals surface area contributed by atoms with Crippen molar-refractivity contribution in [1.29, 1.82) is 0 Å². The number of aromatic nitrogens is 4. The number of rotatable bonds is 3. The highest BCUT2D eigenvalue weighted by atomic mass is 19.1. The minimum atomic E-state index is -0.879. The second-order valence-corrected chi connectivity index (χ2v) is 4.35. The number of benzene rings is 1. The van der Waals surface area contributed by atoms with Crippen molar-refractivity contribution < 1.29 is 9.31 Å². The van der Waals surface area contributed by atoms with Crippen LogP contribution in [0.5, 0.6) is 0 Å². The summed E-state index contributed by atoms with van der Waals surface area (Å²) in [7, 11) is 0. The molecule has 0 saturated heterocycles. The lowest BCUT2D eigenvalue weighted by Crippen LogP contribution is -2.02. The SMILES string of the molecule is Nc1ncnc2c1ncn2Cc1ccc([N+](=O)[O-])c(F)c1. The van der Waals surface area contributed by atoms with Crippen LogP contribution < -0.4 is 5.73 Å². The van der Waals surface area contributed by atoms with E-state index in [-0.39, 0.29) is 12.4 Å². The van der Waals surface area contributed by atoms with Crippen LogP contribution in [-0.2, 0) is 6.54 Å². The van der Waals surface area contributed by atoms with E-state index in [9.17, 15) is 14.5 Å². The number of anilines is 1. The Morgan fingerprint density at radius 3 is 2.86 bits per heavy atom. The maximum absolute atomic E-state index is 13.6. The van der Waals surface area contributed by atoms with E-state index < -0.39 is 16.4 Å². The van der Waals surface area contributed by atoms with Crippen LogP contribution in [-0.4, -0.2) is 24.4 Å². The fourth-order valence-electron chi connectivity index (χ4n) is 2.01. The fourth-order valence-corrected chi connectivity index (χ4v) is 2.01. The van der Waals surface area contributed by atoms with Gasteiger partial charge < -0.3 is 10.3 Å². The Hall–Kier alpha value is -3.10. The number of nitro benzene ring substituents is 1. The molecule has 0 unspecified atom stereocenters. The van der Waals surface area contributed by atoms with Crippen LogP contribution in [0.2, 0.25) is 0 Å². The molecule has 9 heteroatoms. The average molecular weight is 288 g/mol. The number of nitrogen functional groups attached to an aromatic ring is 1. The molecule has 2 heterocycles. The van der Waals surface area contributed by atoms with Gasteiger partial charge in [-0.1, -0.05) is 6.07 Å². The minimum absolute atomic E-state index is 0.258. The van der Waals surface area contributed by atoms with E-state index >= 15 is 0 Å². The fraction of sp³-hybridized carbons (Fsp3) is 0.0833. The van der Waals surface area contributed by atoms with Gasteiger partial charge in [-0.25, -0.2) is 15.0 Å². The van der Waals surface area contributed by atoms with Gasteiger partial charge in [0.25, 0.3) is 0 Å². The van der Waals surface area contributed by atoms with E-state index in [2.05, 4.69) is 15.0 Å². The van der Waals surface area contributed by atoms with Crippen LogP contribution in [0, 0.1) is 15.9 Å². The molecule has 0 bridgehead atoms. The van der Waals surface area contributed by atoms with Crippen LogP contribution in [0.25, 0.3) is 11.2 Å². The standard InChI is InChI=1S/C12H9FN6O2/c13-8-3-7(1-2-9(8)19(20)21)4-18-6-17-10-11(14)15-5-16-12(10)18/h1-3,5-6H,4H2,(H2,14,15,16). The molecule has 0 aliphatic rings. The third-order valence-electron chi connectivity index (χ3n) is 2.99. The monoisotopic (exact) mass is 288 g/mol. The first-order chi connectivity index (χ1) is 10.1. The zero-order chi connectivity index (χ0) is 15.0. The summed E-state index contributed by atoms with van der Waals surface area (Å²) in [4.78, 5) is 21.8. The van der Waals surface area contributed by atoms with Gasteiger partial charge in [-0.05, 0) is 11.6 Å². The van der Waals surface area contributed by atoms with Gasteiger partial charge in [0.1, 0.15) is 11.8 Å². The molecule has 0 aliphatic carbocycles. The lowest BCUT2D eigenvalue weighted by Gasteiger charge is -2.04. The van der Waals surface area contributed by atoms with Crippen LogP contribution >= 0.6 is 0 Å². The van der Waals surface area contributed by atoms with Gasteiger partial charge in [0.05, 0.1) is 17.8 Å². The Balaban J connectivity index is 1.97. The molecule has 8 nitrogen and oxygen atoms in total. The number of fused-ring (bicyclic) bond motifs is 1. The largest absolute Gasteiger partial charge is 0.382 e. The van der Waals surface area contributed by atoms with E-state index in [1.807, 2.05) is 0 Å². The first-order valence-electron chi connectivity index (χ1n) is 5.90. The Labute approximate surface area is 117 Å². The third kappa shape index (κ3) is 2.24. The molecule has 21 heavy (non-hydrogen) atoms. The van der Waals surface area contributed by atoms with Crippen molar-refractivity contribution in [2.24, 2.45) is 0 Å². The van der Waals surface area contributed by atoms with Crippen molar-refractivity contribution in [2.75, 3.05) is 5.73 Å². The van der Waals surface area contributed by atoms with Crippen molar-refractivity contribution in [3.63, 3.8) is 0 Å². The van der Waals surface area contributed by atoms with E-state index in [0.717, 1.165) is 12.1 Å².